The summed E-state index contributed by atoms with van der Waals surface area (Å²) in [7, 11) is 0. The van der Waals surface area contributed by atoms with Gasteiger partial charge in [-0.25, -0.2) is 0 Å². The van der Waals surface area contributed by atoms with Crippen molar-refractivity contribution in [3.05, 3.63) is 12.7 Å². The molecule has 0 spiro atoms. The number of hydrogen-bond donors (Lipinski definition) is 1. The molecule has 0 aromatic heterocycles. The van der Waals surface area contributed by atoms with Gasteiger partial charge >= 0.3 is 5.97 Å². The Balaban J connectivity index is 2.22. The quantitative estimate of drug-likeness (QED) is 0.605. The number of carbonyl (C=O) groups is 1. The molecule has 0 bridgehead atoms. The van der Waals surface area contributed by atoms with Crippen LogP contribution in [-0.4, -0.2) is 35.1 Å². The van der Waals surface area contributed by atoms with E-state index in [1.165, 1.54) is 12.8 Å². The summed E-state index contributed by atoms with van der Waals surface area (Å²) < 4.78 is 0. The minimum atomic E-state index is -0.718. The van der Waals surface area contributed by atoms with Crippen LogP contribution < -0.4 is 0 Å². The van der Waals surface area contributed by atoms with Crippen molar-refractivity contribution in [3.8, 4) is 0 Å². The molecule has 68 valence electrons. The number of carboxylic acid groups (broad SMARTS) is 1. The summed E-state index contributed by atoms with van der Waals surface area (Å²) >= 11 is 0. The molecule has 1 saturated carbocycles. The summed E-state index contributed by atoms with van der Waals surface area (Å²) in [6.45, 7) is 5.12. The monoisotopic (exact) mass is 169 g/mol. The Morgan fingerprint density at radius 3 is 2.75 bits per heavy atom. The van der Waals surface area contributed by atoms with Gasteiger partial charge in [-0.2, -0.15) is 0 Å². The molecule has 0 saturated heterocycles. The van der Waals surface area contributed by atoms with E-state index in [0.29, 0.717) is 12.6 Å². The molecule has 3 nitrogen and oxygen atoms in total. The molecule has 12 heavy (non-hydrogen) atoms. The van der Waals surface area contributed by atoms with Gasteiger partial charge in [-0.15, -0.1) is 6.58 Å². The Kier molecular flexibility index (Phi) is 3.29. The van der Waals surface area contributed by atoms with Gasteiger partial charge in [0.2, 0.25) is 0 Å². The molecule has 0 unspecified atom stereocenters. The van der Waals surface area contributed by atoms with Crippen molar-refractivity contribution in [2.24, 2.45) is 0 Å². The van der Waals surface area contributed by atoms with E-state index in [1.807, 2.05) is 6.08 Å². The fourth-order valence-corrected chi connectivity index (χ4v) is 1.27. The maximum Gasteiger partial charge on any atom is 0.304 e. The maximum atomic E-state index is 10.3. The summed E-state index contributed by atoms with van der Waals surface area (Å²) in [6.07, 6.45) is 4.51. The molecule has 0 aromatic rings. The average molecular weight is 169 g/mol. The van der Waals surface area contributed by atoms with Gasteiger partial charge in [0.05, 0.1) is 6.42 Å². The second kappa shape index (κ2) is 4.26. The predicted molar refractivity (Wildman–Crippen MR) is 47.0 cm³/mol. The van der Waals surface area contributed by atoms with E-state index >= 15 is 0 Å². The van der Waals surface area contributed by atoms with Crippen LogP contribution in [-0.2, 0) is 4.79 Å². The molecule has 0 radical (unpaired) electrons. The molecule has 1 fully saturated rings. The number of aliphatic carboxylic acids is 1. The van der Waals surface area contributed by atoms with Crippen LogP contribution in [0.4, 0.5) is 0 Å². The van der Waals surface area contributed by atoms with E-state index in [9.17, 15) is 4.79 Å². The highest BCUT2D eigenvalue weighted by molar-refractivity contribution is 5.66. The van der Waals surface area contributed by atoms with Crippen LogP contribution in [0.15, 0.2) is 12.7 Å². The van der Waals surface area contributed by atoms with Crippen LogP contribution in [0.1, 0.15) is 19.3 Å². The van der Waals surface area contributed by atoms with Crippen LogP contribution in [0.25, 0.3) is 0 Å². The Bertz CT molecular complexity index is 175. The van der Waals surface area contributed by atoms with E-state index in [-0.39, 0.29) is 6.42 Å². The first kappa shape index (κ1) is 9.26. The third-order valence-electron chi connectivity index (χ3n) is 2.04. The molecule has 1 aliphatic carbocycles. The molecule has 0 amide bonds. The highest BCUT2D eigenvalue weighted by Crippen LogP contribution is 2.26. The number of nitrogens with zero attached hydrogens (tertiary/aromatic N) is 1. The smallest absolute Gasteiger partial charge is 0.304 e. The first-order valence-corrected chi connectivity index (χ1v) is 4.30. The fraction of sp³-hybridized carbons (Fsp3) is 0.667. The van der Waals surface area contributed by atoms with Gasteiger partial charge in [-0.1, -0.05) is 6.08 Å². The van der Waals surface area contributed by atoms with Gasteiger partial charge in [-0.05, 0) is 12.8 Å². The zero-order valence-corrected chi connectivity index (χ0v) is 7.20. The first-order valence-electron chi connectivity index (χ1n) is 4.30. The maximum absolute atomic E-state index is 10.3. The normalized spacial score (nSPS) is 16.4. The van der Waals surface area contributed by atoms with Gasteiger partial charge < -0.3 is 5.11 Å². The van der Waals surface area contributed by atoms with Crippen LogP contribution >= 0.6 is 0 Å². The van der Waals surface area contributed by atoms with Crippen molar-refractivity contribution < 1.29 is 9.90 Å². The molecule has 1 rings (SSSR count). The Morgan fingerprint density at radius 1 is 1.67 bits per heavy atom. The minimum Gasteiger partial charge on any atom is -0.481 e. The summed E-state index contributed by atoms with van der Waals surface area (Å²) in [4.78, 5) is 12.5. The lowest BCUT2D eigenvalue weighted by molar-refractivity contribution is -0.137. The third-order valence-corrected chi connectivity index (χ3v) is 2.04. The van der Waals surface area contributed by atoms with Crippen molar-refractivity contribution in [1.29, 1.82) is 0 Å². The average Bonchev–Trinajstić information content (AvgIpc) is 2.79. The minimum absolute atomic E-state index is 0.240. The number of rotatable bonds is 6. The Morgan fingerprint density at radius 2 is 2.33 bits per heavy atom. The van der Waals surface area contributed by atoms with E-state index < -0.39 is 5.97 Å². The molecule has 0 aliphatic heterocycles. The topological polar surface area (TPSA) is 40.5 Å². The molecular formula is C9H15NO2. The SMILES string of the molecule is C=CCN(CCC(=O)O)C1CC1. The first-order chi connectivity index (χ1) is 5.74. The van der Waals surface area contributed by atoms with Gasteiger partial charge in [-0.3, -0.25) is 9.69 Å². The largest absolute Gasteiger partial charge is 0.481 e. The third kappa shape index (κ3) is 3.05. The Hall–Kier alpha value is -0.830. The molecule has 1 N–H and O–H groups in total. The van der Waals surface area contributed by atoms with Crippen molar-refractivity contribution in [3.63, 3.8) is 0 Å². The van der Waals surface area contributed by atoms with Crippen LogP contribution in [0, 0.1) is 0 Å². The van der Waals surface area contributed by atoms with E-state index in [1.54, 1.807) is 0 Å². The summed E-state index contributed by atoms with van der Waals surface area (Å²) in [6, 6.07) is 0.627. The second-order valence-corrected chi connectivity index (χ2v) is 3.16. The van der Waals surface area contributed by atoms with Crippen molar-refractivity contribution in [2.45, 2.75) is 25.3 Å². The molecule has 0 heterocycles. The van der Waals surface area contributed by atoms with Crippen molar-refractivity contribution in [2.75, 3.05) is 13.1 Å². The van der Waals surface area contributed by atoms with Crippen LogP contribution in [0.2, 0.25) is 0 Å². The zero-order valence-electron chi connectivity index (χ0n) is 7.20. The van der Waals surface area contributed by atoms with Crippen molar-refractivity contribution >= 4 is 5.97 Å². The van der Waals surface area contributed by atoms with Gasteiger partial charge in [0.15, 0.2) is 0 Å². The molecule has 0 aromatic carbocycles. The lowest BCUT2D eigenvalue weighted by atomic mass is 10.3. The number of hydrogen-bond acceptors (Lipinski definition) is 2. The van der Waals surface area contributed by atoms with E-state index in [4.69, 9.17) is 5.11 Å². The van der Waals surface area contributed by atoms with Gasteiger partial charge in [0.25, 0.3) is 0 Å². The highest BCUT2D eigenvalue weighted by Gasteiger charge is 2.27. The second-order valence-electron chi connectivity index (χ2n) is 3.16. The summed E-state index contributed by atoms with van der Waals surface area (Å²) in [5.74, 6) is -0.718. The van der Waals surface area contributed by atoms with Crippen LogP contribution in [0.3, 0.4) is 0 Å². The lowest BCUT2D eigenvalue weighted by Gasteiger charge is -2.18. The molecule has 0 atom stereocenters. The zero-order chi connectivity index (χ0) is 8.97. The predicted octanol–water partition coefficient (Wildman–Crippen LogP) is 1.11. The van der Waals surface area contributed by atoms with Crippen LogP contribution in [0.5, 0.6) is 0 Å². The van der Waals surface area contributed by atoms with Crippen molar-refractivity contribution in [1.82, 2.24) is 4.90 Å². The van der Waals surface area contributed by atoms with E-state index in [2.05, 4.69) is 11.5 Å². The summed E-state index contributed by atoms with van der Waals surface area (Å²) in [5, 5.41) is 8.48. The fourth-order valence-electron chi connectivity index (χ4n) is 1.27. The number of carboxylic acids is 1. The van der Waals surface area contributed by atoms with E-state index in [0.717, 1.165) is 6.54 Å². The molecule has 1 aliphatic rings. The lowest BCUT2D eigenvalue weighted by Crippen LogP contribution is -2.28. The molecular weight excluding hydrogens is 154 g/mol. The highest BCUT2D eigenvalue weighted by atomic mass is 16.4. The van der Waals surface area contributed by atoms with Gasteiger partial charge in [0, 0.05) is 19.1 Å². The Labute approximate surface area is 72.7 Å². The molecule has 3 heteroatoms. The van der Waals surface area contributed by atoms with Gasteiger partial charge in [0.1, 0.15) is 0 Å². The summed E-state index contributed by atoms with van der Waals surface area (Å²) in [5.41, 5.74) is 0. The standard InChI is InChI=1S/C9H15NO2/c1-2-6-10(8-3-4-8)7-5-9(11)12/h2,8H,1,3-7H2,(H,11,12).